The second kappa shape index (κ2) is 7.26. The molecule has 0 amide bonds. The van der Waals surface area contributed by atoms with E-state index in [4.69, 9.17) is 0 Å². The molecule has 2 aromatic heterocycles. The van der Waals surface area contributed by atoms with Crippen LogP contribution < -0.4 is 5.32 Å². The van der Waals surface area contributed by atoms with Gasteiger partial charge >= 0.3 is 12.4 Å². The van der Waals surface area contributed by atoms with Crippen molar-refractivity contribution >= 4 is 11.0 Å². The van der Waals surface area contributed by atoms with Crippen molar-refractivity contribution in [2.45, 2.75) is 44.1 Å². The average Bonchev–Trinajstić information content (AvgIpc) is 3.14. The van der Waals surface area contributed by atoms with Gasteiger partial charge in [-0.1, -0.05) is 0 Å². The van der Waals surface area contributed by atoms with Crippen LogP contribution >= 0.6 is 0 Å². The third-order valence-electron chi connectivity index (χ3n) is 5.27. The van der Waals surface area contributed by atoms with E-state index in [1.54, 1.807) is 6.07 Å². The maximum atomic E-state index is 13.3. The van der Waals surface area contributed by atoms with Gasteiger partial charge in [0.05, 0.1) is 27.9 Å². The van der Waals surface area contributed by atoms with E-state index in [1.807, 2.05) is 6.92 Å². The number of fused-ring (bicyclic) bond motifs is 1. The molecule has 1 aliphatic rings. The number of piperidine rings is 1. The molecule has 160 valence electrons. The first-order valence-corrected chi connectivity index (χ1v) is 9.40. The highest BCUT2D eigenvalue weighted by molar-refractivity contribution is 5.89. The van der Waals surface area contributed by atoms with E-state index in [0.29, 0.717) is 29.0 Å². The molecule has 4 rings (SSSR count). The molecule has 1 fully saturated rings. The second-order valence-corrected chi connectivity index (χ2v) is 7.54. The normalized spacial score (nSPS) is 20.6. The van der Waals surface area contributed by atoms with Crippen molar-refractivity contribution < 1.29 is 26.3 Å². The Morgan fingerprint density at radius 3 is 2.23 bits per heavy atom. The van der Waals surface area contributed by atoms with E-state index >= 15 is 0 Å². The Kier molecular flexibility index (Phi) is 5.00. The van der Waals surface area contributed by atoms with Crippen LogP contribution in [-0.4, -0.2) is 27.5 Å². The third-order valence-corrected chi connectivity index (χ3v) is 5.27. The van der Waals surface area contributed by atoms with E-state index in [-0.39, 0.29) is 29.3 Å². The highest BCUT2D eigenvalue weighted by atomic mass is 19.4. The molecule has 0 saturated carbocycles. The molecule has 0 radical (unpaired) electrons. The summed E-state index contributed by atoms with van der Waals surface area (Å²) in [5.74, 6) is 0.392. The van der Waals surface area contributed by atoms with E-state index in [9.17, 15) is 26.3 Å². The Morgan fingerprint density at radius 1 is 0.967 bits per heavy atom. The lowest BCUT2D eigenvalue weighted by Gasteiger charge is -2.27. The zero-order chi connectivity index (χ0) is 21.7. The lowest BCUT2D eigenvalue weighted by atomic mass is 9.92. The Labute approximate surface area is 167 Å². The Bertz CT molecular complexity index is 1040. The molecule has 10 heteroatoms. The lowest BCUT2D eigenvalue weighted by molar-refractivity contribution is -0.143. The summed E-state index contributed by atoms with van der Waals surface area (Å²) in [7, 11) is 0. The van der Waals surface area contributed by atoms with Gasteiger partial charge in [-0.05, 0) is 50.6 Å². The summed E-state index contributed by atoms with van der Waals surface area (Å²) in [4.78, 5) is 11.8. The first-order valence-electron chi connectivity index (χ1n) is 9.40. The van der Waals surface area contributed by atoms with Gasteiger partial charge in [0.2, 0.25) is 0 Å². The summed E-state index contributed by atoms with van der Waals surface area (Å²) >= 11 is 0. The lowest BCUT2D eigenvalue weighted by Crippen LogP contribution is -2.35. The van der Waals surface area contributed by atoms with Crippen LogP contribution in [0.5, 0.6) is 0 Å². The zero-order valence-electron chi connectivity index (χ0n) is 15.8. The first-order chi connectivity index (χ1) is 14.0. The predicted octanol–water partition coefficient (Wildman–Crippen LogP) is 5.52. The molecular formula is C20H18F6N4. The van der Waals surface area contributed by atoms with Crippen LogP contribution in [0.4, 0.5) is 26.3 Å². The van der Waals surface area contributed by atoms with Crippen LogP contribution in [0.15, 0.2) is 30.5 Å². The van der Waals surface area contributed by atoms with Crippen molar-refractivity contribution in [3.8, 4) is 11.3 Å². The first kappa shape index (κ1) is 20.6. The summed E-state index contributed by atoms with van der Waals surface area (Å²) in [5.41, 5.74) is -2.22. The van der Waals surface area contributed by atoms with E-state index in [1.165, 1.54) is 6.20 Å². The second-order valence-electron chi connectivity index (χ2n) is 7.54. The molecule has 3 heterocycles. The molecule has 1 saturated heterocycles. The molecule has 1 aromatic carbocycles. The quantitative estimate of drug-likeness (QED) is 0.529. The number of hydrogen-bond acceptors (Lipinski definition) is 3. The van der Waals surface area contributed by atoms with Gasteiger partial charge < -0.3 is 10.3 Å². The van der Waals surface area contributed by atoms with Gasteiger partial charge in [0.1, 0.15) is 5.82 Å². The Morgan fingerprint density at radius 2 is 1.63 bits per heavy atom. The average molecular weight is 428 g/mol. The van der Waals surface area contributed by atoms with Crippen LogP contribution in [0.25, 0.3) is 22.3 Å². The number of nitrogens with one attached hydrogen (secondary N) is 2. The molecule has 2 atom stereocenters. The molecule has 0 spiro atoms. The highest BCUT2D eigenvalue weighted by Crippen LogP contribution is 2.40. The van der Waals surface area contributed by atoms with Crippen LogP contribution in [0.1, 0.15) is 42.6 Å². The number of aromatic nitrogens is 3. The largest absolute Gasteiger partial charge is 0.416 e. The molecular weight excluding hydrogens is 410 g/mol. The monoisotopic (exact) mass is 428 g/mol. The van der Waals surface area contributed by atoms with Crippen LogP contribution in [-0.2, 0) is 12.4 Å². The molecule has 4 nitrogen and oxygen atoms in total. The van der Waals surface area contributed by atoms with Gasteiger partial charge in [0.25, 0.3) is 0 Å². The van der Waals surface area contributed by atoms with Crippen molar-refractivity contribution in [2.75, 3.05) is 6.54 Å². The number of benzene rings is 1. The fourth-order valence-electron chi connectivity index (χ4n) is 3.81. The van der Waals surface area contributed by atoms with Gasteiger partial charge in [0, 0.05) is 23.7 Å². The van der Waals surface area contributed by atoms with Crippen molar-refractivity contribution in [1.29, 1.82) is 0 Å². The molecule has 30 heavy (non-hydrogen) atoms. The Hall–Kier alpha value is -2.62. The number of halogens is 6. The van der Waals surface area contributed by atoms with Gasteiger partial charge in [0.15, 0.2) is 0 Å². The number of aromatic amines is 1. The zero-order valence-corrected chi connectivity index (χ0v) is 15.8. The van der Waals surface area contributed by atoms with Gasteiger partial charge in [-0.2, -0.15) is 26.3 Å². The molecule has 1 aliphatic heterocycles. The molecule has 3 aromatic rings. The standard InChI is InChI=1S/C20H18F6N4/c1-10-6-11(2-4-27-10)18-29-15-3-5-28-17(15)16(30-18)12-7-13(19(21,22)23)9-14(8-12)20(24,25)26/h3,5,7-11,27-28H,2,4,6H2,1H3. The summed E-state index contributed by atoms with van der Waals surface area (Å²) in [6.45, 7) is 2.74. The number of hydrogen-bond donors (Lipinski definition) is 2. The fraction of sp³-hybridized carbons (Fsp3) is 0.400. The summed E-state index contributed by atoms with van der Waals surface area (Å²) < 4.78 is 79.8. The van der Waals surface area contributed by atoms with E-state index < -0.39 is 23.5 Å². The maximum absolute atomic E-state index is 13.3. The number of H-pyrrole nitrogens is 1. The van der Waals surface area contributed by atoms with Crippen LogP contribution in [0, 0.1) is 0 Å². The fourth-order valence-corrected chi connectivity index (χ4v) is 3.81. The van der Waals surface area contributed by atoms with Crippen molar-refractivity contribution in [2.24, 2.45) is 0 Å². The van der Waals surface area contributed by atoms with Gasteiger partial charge in [-0.25, -0.2) is 9.97 Å². The summed E-state index contributed by atoms with van der Waals surface area (Å²) in [6, 6.07) is 3.36. The molecule has 0 bridgehead atoms. The minimum absolute atomic E-state index is 0.0304. The van der Waals surface area contributed by atoms with Crippen molar-refractivity contribution in [3.05, 3.63) is 47.4 Å². The van der Waals surface area contributed by atoms with Crippen molar-refractivity contribution in [3.63, 3.8) is 0 Å². The van der Waals surface area contributed by atoms with Crippen molar-refractivity contribution in [1.82, 2.24) is 20.3 Å². The topological polar surface area (TPSA) is 53.6 Å². The molecule has 2 N–H and O–H groups in total. The molecule has 2 unspecified atom stereocenters. The van der Waals surface area contributed by atoms with Gasteiger partial charge in [-0.15, -0.1) is 0 Å². The van der Waals surface area contributed by atoms with E-state index in [2.05, 4.69) is 20.3 Å². The maximum Gasteiger partial charge on any atom is 0.416 e. The summed E-state index contributed by atoms with van der Waals surface area (Å²) in [5, 5.41) is 3.30. The predicted molar refractivity (Wildman–Crippen MR) is 98.8 cm³/mol. The number of alkyl halides is 6. The minimum atomic E-state index is -4.93. The number of rotatable bonds is 2. The Balaban J connectivity index is 1.91. The smallest absolute Gasteiger partial charge is 0.358 e. The van der Waals surface area contributed by atoms with Gasteiger partial charge in [-0.3, -0.25) is 0 Å². The highest BCUT2D eigenvalue weighted by Gasteiger charge is 2.37. The molecule has 0 aliphatic carbocycles. The van der Waals surface area contributed by atoms with Crippen LogP contribution in [0.2, 0.25) is 0 Å². The third kappa shape index (κ3) is 4.00. The van der Waals surface area contributed by atoms with Crippen LogP contribution in [0.3, 0.4) is 0 Å². The number of nitrogens with zero attached hydrogens (tertiary/aromatic N) is 2. The SMILES string of the molecule is CC1CC(c2nc(-c3cc(C(F)(F)F)cc(C(F)(F)F)c3)c3[nH]ccc3n2)CCN1. The minimum Gasteiger partial charge on any atom is -0.358 e. The van der Waals surface area contributed by atoms with E-state index in [0.717, 1.165) is 19.4 Å². The summed E-state index contributed by atoms with van der Waals surface area (Å²) in [6.07, 6.45) is -6.85.